The summed E-state index contributed by atoms with van der Waals surface area (Å²) in [6.45, 7) is 10.3. The van der Waals surface area contributed by atoms with Gasteiger partial charge >= 0.3 is 11.9 Å². The Morgan fingerprint density at radius 1 is 1.05 bits per heavy atom. The normalized spacial score (nSPS) is 16.4. The molecule has 0 saturated carbocycles. The van der Waals surface area contributed by atoms with Crippen LogP contribution in [0.5, 0.6) is 0 Å². The van der Waals surface area contributed by atoms with E-state index in [0.717, 1.165) is 19.3 Å². The molecular weight excluding hydrogens is 256 g/mol. The molecule has 4 heteroatoms. The van der Waals surface area contributed by atoms with Gasteiger partial charge in [0.1, 0.15) is 0 Å². The molecule has 2 N–H and O–H groups in total. The Morgan fingerprint density at radius 3 is 2.00 bits per heavy atom. The predicted molar refractivity (Wildman–Crippen MR) is 79.6 cm³/mol. The fourth-order valence-corrected chi connectivity index (χ4v) is 2.85. The minimum absolute atomic E-state index is 0.111. The van der Waals surface area contributed by atoms with Gasteiger partial charge in [-0.1, -0.05) is 47.5 Å². The monoisotopic (exact) mass is 286 g/mol. The van der Waals surface area contributed by atoms with Crippen molar-refractivity contribution < 1.29 is 19.8 Å². The molecule has 0 bridgehead atoms. The lowest BCUT2D eigenvalue weighted by molar-refractivity contribution is -0.144. The molecule has 3 unspecified atom stereocenters. The average molecular weight is 286 g/mol. The molecule has 0 aromatic rings. The van der Waals surface area contributed by atoms with Gasteiger partial charge in [0.05, 0.1) is 5.92 Å². The summed E-state index contributed by atoms with van der Waals surface area (Å²) >= 11 is 0. The molecule has 0 aromatic carbocycles. The summed E-state index contributed by atoms with van der Waals surface area (Å²) < 4.78 is 0. The second kappa shape index (κ2) is 8.28. The number of rotatable bonds is 9. The Balaban J connectivity index is 4.29. The van der Waals surface area contributed by atoms with Crippen LogP contribution in [-0.4, -0.2) is 22.2 Å². The molecule has 0 aromatic heterocycles. The van der Waals surface area contributed by atoms with Gasteiger partial charge in [0.15, 0.2) is 0 Å². The highest BCUT2D eigenvalue weighted by molar-refractivity contribution is 5.70. The van der Waals surface area contributed by atoms with Crippen molar-refractivity contribution in [3.8, 4) is 0 Å². The molecular formula is C16H30O4. The highest BCUT2D eigenvalue weighted by Crippen LogP contribution is 2.31. The first-order valence-corrected chi connectivity index (χ1v) is 7.47. The maximum absolute atomic E-state index is 11.4. The molecule has 0 aliphatic carbocycles. The average Bonchev–Trinajstić information content (AvgIpc) is 2.19. The second-order valence-electron chi connectivity index (χ2n) is 7.32. The summed E-state index contributed by atoms with van der Waals surface area (Å²) in [7, 11) is 0. The third-order valence-corrected chi connectivity index (χ3v) is 3.67. The Kier molecular flexibility index (Phi) is 7.84. The van der Waals surface area contributed by atoms with Gasteiger partial charge in [-0.05, 0) is 30.1 Å². The van der Waals surface area contributed by atoms with Crippen molar-refractivity contribution in [1.29, 1.82) is 0 Å². The van der Waals surface area contributed by atoms with Crippen molar-refractivity contribution in [2.75, 3.05) is 0 Å². The largest absolute Gasteiger partial charge is 0.481 e. The standard InChI is InChI=1S/C16H30O4/c1-11(9-14(17)18)7-6-8-13(15(19)20)12(2)10-16(3,4)5/h11-13H,6-10H2,1-5H3,(H,17,18)(H,19,20). The molecule has 4 nitrogen and oxygen atoms in total. The van der Waals surface area contributed by atoms with Gasteiger partial charge in [-0.3, -0.25) is 9.59 Å². The summed E-state index contributed by atoms with van der Waals surface area (Å²) in [5, 5.41) is 18.1. The maximum atomic E-state index is 11.4. The van der Waals surface area contributed by atoms with Crippen molar-refractivity contribution in [2.45, 2.75) is 66.7 Å². The van der Waals surface area contributed by atoms with Crippen LogP contribution in [0, 0.1) is 23.2 Å². The Hall–Kier alpha value is -1.06. The number of hydrogen-bond acceptors (Lipinski definition) is 2. The zero-order valence-electron chi connectivity index (χ0n) is 13.5. The molecule has 0 heterocycles. The zero-order valence-corrected chi connectivity index (χ0v) is 13.5. The van der Waals surface area contributed by atoms with E-state index in [1.54, 1.807) is 0 Å². The van der Waals surface area contributed by atoms with E-state index >= 15 is 0 Å². The van der Waals surface area contributed by atoms with Crippen molar-refractivity contribution >= 4 is 11.9 Å². The first-order chi connectivity index (χ1) is 9.03. The Bertz CT molecular complexity index is 317. The van der Waals surface area contributed by atoms with E-state index < -0.39 is 11.9 Å². The molecule has 0 aliphatic rings. The highest BCUT2D eigenvalue weighted by Gasteiger charge is 2.28. The fourth-order valence-electron chi connectivity index (χ4n) is 2.85. The van der Waals surface area contributed by atoms with E-state index in [-0.39, 0.29) is 29.6 Å². The van der Waals surface area contributed by atoms with Crippen LogP contribution in [0.1, 0.15) is 66.7 Å². The summed E-state index contributed by atoms with van der Waals surface area (Å²) in [5.41, 5.74) is 0.129. The maximum Gasteiger partial charge on any atom is 0.306 e. The van der Waals surface area contributed by atoms with Crippen LogP contribution in [0.4, 0.5) is 0 Å². The van der Waals surface area contributed by atoms with E-state index in [9.17, 15) is 14.7 Å². The number of hydrogen-bond donors (Lipinski definition) is 2. The first-order valence-electron chi connectivity index (χ1n) is 7.47. The highest BCUT2D eigenvalue weighted by atomic mass is 16.4. The van der Waals surface area contributed by atoms with Crippen LogP contribution in [0.15, 0.2) is 0 Å². The van der Waals surface area contributed by atoms with Crippen LogP contribution in [0.25, 0.3) is 0 Å². The van der Waals surface area contributed by atoms with Gasteiger partial charge in [0, 0.05) is 6.42 Å². The quantitative estimate of drug-likeness (QED) is 0.670. The molecule has 20 heavy (non-hydrogen) atoms. The van der Waals surface area contributed by atoms with Crippen molar-refractivity contribution in [2.24, 2.45) is 23.2 Å². The SMILES string of the molecule is CC(CCCC(C(=O)O)C(C)CC(C)(C)C)CC(=O)O. The van der Waals surface area contributed by atoms with Crippen molar-refractivity contribution in [3.63, 3.8) is 0 Å². The molecule has 0 amide bonds. The topological polar surface area (TPSA) is 74.6 Å². The molecule has 0 saturated heterocycles. The van der Waals surface area contributed by atoms with E-state index in [1.165, 1.54) is 0 Å². The van der Waals surface area contributed by atoms with Gasteiger partial charge in [-0.25, -0.2) is 0 Å². The third kappa shape index (κ3) is 8.94. The van der Waals surface area contributed by atoms with Gasteiger partial charge in [-0.2, -0.15) is 0 Å². The van der Waals surface area contributed by atoms with Crippen LogP contribution in [0.2, 0.25) is 0 Å². The van der Waals surface area contributed by atoms with E-state index in [4.69, 9.17) is 5.11 Å². The van der Waals surface area contributed by atoms with E-state index in [2.05, 4.69) is 20.8 Å². The minimum Gasteiger partial charge on any atom is -0.481 e. The van der Waals surface area contributed by atoms with E-state index in [1.807, 2.05) is 13.8 Å². The number of carbonyl (C=O) groups is 2. The second-order valence-corrected chi connectivity index (χ2v) is 7.32. The minimum atomic E-state index is -0.784. The molecule has 118 valence electrons. The Morgan fingerprint density at radius 2 is 1.60 bits per heavy atom. The summed E-state index contributed by atoms with van der Waals surface area (Å²) in [6.07, 6.45) is 3.23. The molecule has 0 aliphatic heterocycles. The molecule has 0 fully saturated rings. The molecule has 0 spiro atoms. The summed E-state index contributed by atoms with van der Waals surface area (Å²) in [4.78, 5) is 22.0. The van der Waals surface area contributed by atoms with Gasteiger partial charge in [-0.15, -0.1) is 0 Å². The van der Waals surface area contributed by atoms with Crippen LogP contribution >= 0.6 is 0 Å². The van der Waals surface area contributed by atoms with Crippen LogP contribution < -0.4 is 0 Å². The molecule has 3 atom stereocenters. The fraction of sp³-hybridized carbons (Fsp3) is 0.875. The van der Waals surface area contributed by atoms with Crippen molar-refractivity contribution in [1.82, 2.24) is 0 Å². The smallest absolute Gasteiger partial charge is 0.306 e. The molecule has 0 radical (unpaired) electrons. The predicted octanol–water partition coefficient (Wildman–Crippen LogP) is 4.04. The third-order valence-electron chi connectivity index (χ3n) is 3.67. The lowest BCUT2D eigenvalue weighted by Crippen LogP contribution is -2.25. The van der Waals surface area contributed by atoms with Crippen LogP contribution in [-0.2, 0) is 9.59 Å². The number of carboxylic acids is 2. The lowest BCUT2D eigenvalue weighted by atomic mass is 9.77. The van der Waals surface area contributed by atoms with Gasteiger partial charge in [0.2, 0.25) is 0 Å². The van der Waals surface area contributed by atoms with E-state index in [0.29, 0.717) is 6.42 Å². The Labute approximate surface area is 122 Å². The lowest BCUT2D eigenvalue weighted by Gasteiger charge is -2.27. The number of aliphatic carboxylic acids is 2. The summed E-state index contributed by atoms with van der Waals surface area (Å²) in [6, 6.07) is 0. The first kappa shape index (κ1) is 18.9. The van der Waals surface area contributed by atoms with Crippen LogP contribution in [0.3, 0.4) is 0 Å². The van der Waals surface area contributed by atoms with Gasteiger partial charge in [0.25, 0.3) is 0 Å². The molecule has 0 rings (SSSR count). The summed E-state index contributed by atoms with van der Waals surface area (Å²) in [5.74, 6) is -1.59. The van der Waals surface area contributed by atoms with Gasteiger partial charge < -0.3 is 10.2 Å². The zero-order chi connectivity index (χ0) is 15.9. The van der Waals surface area contributed by atoms with Crippen molar-refractivity contribution in [3.05, 3.63) is 0 Å². The number of carboxylic acid groups (broad SMARTS) is 2.